The van der Waals surface area contributed by atoms with Crippen molar-refractivity contribution in [1.82, 2.24) is 0 Å². The molecule has 35 heavy (non-hydrogen) atoms. The van der Waals surface area contributed by atoms with Crippen LogP contribution >= 0.6 is 0 Å². The Morgan fingerprint density at radius 1 is 0.800 bits per heavy atom. The lowest BCUT2D eigenvalue weighted by atomic mass is 10.2. The summed E-state index contributed by atoms with van der Waals surface area (Å²) in [6.45, 7) is 6.04. The van der Waals surface area contributed by atoms with Gasteiger partial charge in [0.05, 0.1) is 31.7 Å². The first-order chi connectivity index (χ1) is 16.9. The van der Waals surface area contributed by atoms with Crippen LogP contribution in [0.25, 0.3) is 0 Å². The topological polar surface area (TPSA) is 95.1 Å². The zero-order valence-corrected chi connectivity index (χ0v) is 20.3. The minimum atomic E-state index is -0.801. The maximum Gasteiger partial charge on any atom is 0.265 e. The normalized spacial score (nSPS) is 11.2. The van der Waals surface area contributed by atoms with Crippen molar-refractivity contribution in [3.63, 3.8) is 0 Å². The molecule has 2 N–H and O–H groups in total. The number of ether oxygens (including phenoxy) is 4. The van der Waals surface area contributed by atoms with Crippen LogP contribution in [-0.2, 0) is 4.79 Å². The van der Waals surface area contributed by atoms with E-state index in [0.29, 0.717) is 53.2 Å². The molecule has 0 aliphatic heterocycles. The van der Waals surface area contributed by atoms with Crippen LogP contribution in [0.3, 0.4) is 0 Å². The van der Waals surface area contributed by atoms with Gasteiger partial charge in [0.15, 0.2) is 6.10 Å². The van der Waals surface area contributed by atoms with E-state index in [-0.39, 0.29) is 11.8 Å². The smallest absolute Gasteiger partial charge is 0.265 e. The predicted octanol–water partition coefficient (Wildman–Crippen LogP) is 5.15. The van der Waals surface area contributed by atoms with Crippen LogP contribution in [0.5, 0.6) is 23.0 Å². The van der Waals surface area contributed by atoms with E-state index in [1.54, 1.807) is 74.7 Å². The first-order valence-electron chi connectivity index (χ1n) is 11.4. The first-order valence-corrected chi connectivity index (χ1v) is 11.4. The fraction of sp³-hybridized carbons (Fsp3) is 0.259. The van der Waals surface area contributed by atoms with Gasteiger partial charge in [-0.3, -0.25) is 9.59 Å². The minimum Gasteiger partial charge on any atom is -0.497 e. The largest absolute Gasteiger partial charge is 0.497 e. The molecule has 0 radical (unpaired) electrons. The molecule has 8 nitrogen and oxygen atoms in total. The van der Waals surface area contributed by atoms with Gasteiger partial charge in [0, 0.05) is 23.8 Å². The highest BCUT2D eigenvalue weighted by Crippen LogP contribution is 2.37. The second-order valence-electron chi connectivity index (χ2n) is 7.46. The number of rotatable bonds is 11. The van der Waals surface area contributed by atoms with Gasteiger partial charge in [0.25, 0.3) is 11.8 Å². The highest BCUT2D eigenvalue weighted by Gasteiger charge is 2.20. The van der Waals surface area contributed by atoms with E-state index < -0.39 is 6.10 Å². The number of hydrogen-bond acceptors (Lipinski definition) is 6. The minimum absolute atomic E-state index is 0.286. The molecule has 1 unspecified atom stereocenters. The Kier molecular flexibility index (Phi) is 8.95. The molecule has 0 fully saturated rings. The molecule has 3 aromatic carbocycles. The van der Waals surface area contributed by atoms with Gasteiger partial charge in [0.2, 0.25) is 0 Å². The van der Waals surface area contributed by atoms with Gasteiger partial charge in [-0.15, -0.1) is 0 Å². The lowest BCUT2D eigenvalue weighted by Crippen LogP contribution is -2.30. The third kappa shape index (κ3) is 6.89. The van der Waals surface area contributed by atoms with E-state index in [1.165, 1.54) is 0 Å². The molecule has 3 aromatic rings. The highest BCUT2D eigenvalue weighted by molar-refractivity contribution is 6.05. The van der Waals surface area contributed by atoms with Gasteiger partial charge in [0.1, 0.15) is 23.0 Å². The second kappa shape index (κ2) is 12.3. The highest BCUT2D eigenvalue weighted by atomic mass is 16.5. The van der Waals surface area contributed by atoms with Crippen molar-refractivity contribution < 1.29 is 28.5 Å². The molecule has 0 spiro atoms. The van der Waals surface area contributed by atoms with Gasteiger partial charge in [-0.05, 0) is 45.0 Å². The zero-order chi connectivity index (χ0) is 25.2. The maximum atomic E-state index is 12.9. The summed E-state index contributed by atoms with van der Waals surface area (Å²) in [6.07, 6.45) is -0.801. The van der Waals surface area contributed by atoms with E-state index in [0.717, 1.165) is 0 Å². The summed E-state index contributed by atoms with van der Waals surface area (Å²) in [5.41, 5.74) is 1.34. The predicted molar refractivity (Wildman–Crippen MR) is 135 cm³/mol. The van der Waals surface area contributed by atoms with E-state index in [9.17, 15) is 9.59 Å². The monoisotopic (exact) mass is 478 g/mol. The van der Waals surface area contributed by atoms with E-state index in [2.05, 4.69) is 10.6 Å². The summed E-state index contributed by atoms with van der Waals surface area (Å²) < 4.78 is 22.5. The molecule has 184 valence electrons. The van der Waals surface area contributed by atoms with Gasteiger partial charge in [-0.25, -0.2) is 0 Å². The van der Waals surface area contributed by atoms with Crippen molar-refractivity contribution in [2.24, 2.45) is 0 Å². The Bertz CT molecular complexity index is 1150. The summed E-state index contributed by atoms with van der Waals surface area (Å²) in [5, 5.41) is 5.71. The quantitative estimate of drug-likeness (QED) is 0.396. The van der Waals surface area contributed by atoms with Gasteiger partial charge >= 0.3 is 0 Å². The van der Waals surface area contributed by atoms with Crippen molar-refractivity contribution in [3.8, 4) is 23.0 Å². The number of carbonyl (C=O) groups is 2. The van der Waals surface area contributed by atoms with Crippen molar-refractivity contribution in [3.05, 3.63) is 72.3 Å². The Hall–Kier alpha value is -4.20. The lowest BCUT2D eigenvalue weighted by molar-refractivity contribution is -0.122. The van der Waals surface area contributed by atoms with E-state index >= 15 is 0 Å². The molecule has 3 rings (SSSR count). The number of anilines is 2. The number of amides is 2. The summed E-state index contributed by atoms with van der Waals surface area (Å²) in [7, 11) is 1.56. The molecule has 8 heteroatoms. The molecule has 0 saturated heterocycles. The molecule has 0 bridgehead atoms. The SMILES string of the molecule is CCOc1cc(NC(=O)C(C)Oc2cccc(OC)c2)c(OCC)cc1NC(=O)c1ccccc1. The van der Waals surface area contributed by atoms with Crippen LogP contribution in [0.15, 0.2) is 66.7 Å². The first kappa shape index (κ1) is 25.4. The van der Waals surface area contributed by atoms with Crippen LogP contribution in [-0.4, -0.2) is 38.2 Å². The van der Waals surface area contributed by atoms with Crippen molar-refractivity contribution >= 4 is 23.2 Å². The molecule has 0 heterocycles. The number of benzene rings is 3. The summed E-state index contributed by atoms with van der Waals surface area (Å²) >= 11 is 0. The Morgan fingerprint density at radius 3 is 2.00 bits per heavy atom. The second-order valence-corrected chi connectivity index (χ2v) is 7.46. The maximum absolute atomic E-state index is 12.9. The van der Waals surface area contributed by atoms with Gasteiger partial charge in [-0.1, -0.05) is 24.3 Å². The Morgan fingerprint density at radius 2 is 1.40 bits per heavy atom. The van der Waals surface area contributed by atoms with Crippen LogP contribution in [0.1, 0.15) is 31.1 Å². The summed E-state index contributed by atoms with van der Waals surface area (Å²) in [6, 6.07) is 19.1. The van der Waals surface area contributed by atoms with Crippen LogP contribution < -0.4 is 29.6 Å². The third-order valence-electron chi connectivity index (χ3n) is 4.95. The number of hydrogen-bond donors (Lipinski definition) is 2. The summed E-state index contributed by atoms with van der Waals surface area (Å²) in [5.74, 6) is 1.26. The molecule has 0 saturated carbocycles. The fourth-order valence-electron chi connectivity index (χ4n) is 3.26. The fourth-order valence-corrected chi connectivity index (χ4v) is 3.26. The molecule has 0 aromatic heterocycles. The van der Waals surface area contributed by atoms with Crippen LogP contribution in [0.2, 0.25) is 0 Å². The summed E-state index contributed by atoms with van der Waals surface area (Å²) in [4.78, 5) is 25.6. The Labute approximate surface area is 205 Å². The van der Waals surface area contributed by atoms with Crippen molar-refractivity contribution in [2.75, 3.05) is 31.0 Å². The number of nitrogens with one attached hydrogen (secondary N) is 2. The Balaban J connectivity index is 1.82. The zero-order valence-electron chi connectivity index (χ0n) is 20.3. The van der Waals surface area contributed by atoms with Crippen molar-refractivity contribution in [1.29, 1.82) is 0 Å². The van der Waals surface area contributed by atoms with Gasteiger partial charge < -0.3 is 29.6 Å². The van der Waals surface area contributed by atoms with Crippen LogP contribution in [0.4, 0.5) is 11.4 Å². The van der Waals surface area contributed by atoms with Crippen molar-refractivity contribution in [2.45, 2.75) is 26.9 Å². The van der Waals surface area contributed by atoms with Gasteiger partial charge in [-0.2, -0.15) is 0 Å². The molecule has 2 amide bonds. The lowest BCUT2D eigenvalue weighted by Gasteiger charge is -2.19. The number of methoxy groups -OCH3 is 1. The molecular formula is C27H30N2O6. The molecule has 1 atom stereocenters. The standard InChI is InChI=1S/C27H30N2O6/c1-5-33-24-17-23(29-27(31)19-11-8-7-9-12-19)25(34-6-2)16-22(24)28-26(30)18(3)35-21-14-10-13-20(15-21)32-4/h7-18H,5-6H2,1-4H3,(H,28,30)(H,29,31). The van der Waals surface area contributed by atoms with E-state index in [4.69, 9.17) is 18.9 Å². The van der Waals surface area contributed by atoms with E-state index in [1.807, 2.05) is 19.9 Å². The van der Waals surface area contributed by atoms with Crippen LogP contribution in [0, 0.1) is 0 Å². The molecule has 0 aliphatic rings. The average molecular weight is 479 g/mol. The average Bonchev–Trinajstić information content (AvgIpc) is 2.87. The molecular weight excluding hydrogens is 448 g/mol. The number of carbonyl (C=O) groups excluding carboxylic acids is 2. The third-order valence-corrected chi connectivity index (χ3v) is 4.95. The molecule has 0 aliphatic carbocycles.